The fourth-order valence-electron chi connectivity index (χ4n) is 2.00. The zero-order valence-electron chi connectivity index (χ0n) is 13.9. The SMILES string of the molecule is COCc1nc(C)cc(NCCc2csc(C(C)(C)C)n2)n1. The van der Waals surface area contributed by atoms with E-state index in [4.69, 9.17) is 9.72 Å². The molecule has 0 amide bonds. The van der Waals surface area contributed by atoms with Crippen LogP contribution in [0.3, 0.4) is 0 Å². The normalized spacial score (nSPS) is 11.7. The molecule has 0 aromatic carbocycles. The number of rotatable bonds is 6. The largest absolute Gasteiger partial charge is 0.377 e. The average molecular weight is 320 g/mol. The molecule has 0 saturated heterocycles. The number of hydrogen-bond donors (Lipinski definition) is 1. The first-order chi connectivity index (χ1) is 10.4. The molecule has 5 nitrogen and oxygen atoms in total. The van der Waals surface area contributed by atoms with Gasteiger partial charge in [0.2, 0.25) is 0 Å². The van der Waals surface area contributed by atoms with Gasteiger partial charge in [-0.15, -0.1) is 11.3 Å². The van der Waals surface area contributed by atoms with Crippen molar-refractivity contribution in [3.05, 3.63) is 33.7 Å². The molecule has 0 aliphatic rings. The summed E-state index contributed by atoms with van der Waals surface area (Å²) < 4.78 is 5.08. The van der Waals surface area contributed by atoms with Gasteiger partial charge in [0.05, 0.1) is 10.7 Å². The standard InChI is InChI=1S/C16H24N4OS/c1-11-8-13(20-14(18-11)9-21-5)17-7-6-12-10-22-15(19-12)16(2,3)4/h8,10H,6-7,9H2,1-5H3,(H,17,18,20). The van der Waals surface area contributed by atoms with Gasteiger partial charge in [-0.3, -0.25) is 0 Å². The minimum Gasteiger partial charge on any atom is -0.377 e. The molecule has 2 aromatic rings. The van der Waals surface area contributed by atoms with Crippen molar-refractivity contribution in [3.63, 3.8) is 0 Å². The third-order valence-corrected chi connectivity index (χ3v) is 4.37. The van der Waals surface area contributed by atoms with Crippen molar-refractivity contribution < 1.29 is 4.74 Å². The lowest BCUT2D eigenvalue weighted by Crippen LogP contribution is -2.12. The van der Waals surface area contributed by atoms with Crippen LogP contribution < -0.4 is 5.32 Å². The quantitative estimate of drug-likeness (QED) is 0.884. The molecule has 0 bridgehead atoms. The average Bonchev–Trinajstić information content (AvgIpc) is 2.87. The highest BCUT2D eigenvalue weighted by molar-refractivity contribution is 7.09. The van der Waals surface area contributed by atoms with Gasteiger partial charge in [0, 0.05) is 42.6 Å². The lowest BCUT2D eigenvalue weighted by atomic mass is 9.98. The van der Waals surface area contributed by atoms with Gasteiger partial charge < -0.3 is 10.1 Å². The second-order valence-electron chi connectivity index (χ2n) is 6.31. The number of hydrogen-bond acceptors (Lipinski definition) is 6. The van der Waals surface area contributed by atoms with E-state index in [0.29, 0.717) is 12.4 Å². The lowest BCUT2D eigenvalue weighted by molar-refractivity contribution is 0.177. The van der Waals surface area contributed by atoms with Crippen molar-refractivity contribution in [3.8, 4) is 0 Å². The summed E-state index contributed by atoms with van der Waals surface area (Å²) in [6.45, 7) is 9.76. The summed E-state index contributed by atoms with van der Waals surface area (Å²) in [6, 6.07) is 1.95. The highest BCUT2D eigenvalue weighted by atomic mass is 32.1. The molecule has 0 aliphatic heterocycles. The van der Waals surface area contributed by atoms with E-state index in [1.165, 1.54) is 5.01 Å². The van der Waals surface area contributed by atoms with Gasteiger partial charge in [0.25, 0.3) is 0 Å². The molecule has 0 fully saturated rings. The number of nitrogens with zero attached hydrogens (tertiary/aromatic N) is 3. The van der Waals surface area contributed by atoms with Gasteiger partial charge in [-0.1, -0.05) is 20.8 Å². The molecule has 22 heavy (non-hydrogen) atoms. The van der Waals surface area contributed by atoms with Gasteiger partial charge in [0.1, 0.15) is 12.4 Å². The Morgan fingerprint density at radius 2 is 2.00 bits per heavy atom. The molecule has 0 radical (unpaired) electrons. The Morgan fingerprint density at radius 1 is 1.23 bits per heavy atom. The second kappa shape index (κ2) is 7.15. The number of ether oxygens (including phenoxy) is 1. The van der Waals surface area contributed by atoms with Crippen LogP contribution in [-0.2, 0) is 23.2 Å². The maximum absolute atomic E-state index is 5.08. The van der Waals surface area contributed by atoms with Crippen LogP contribution in [0.4, 0.5) is 5.82 Å². The smallest absolute Gasteiger partial charge is 0.156 e. The molecule has 0 atom stereocenters. The Balaban J connectivity index is 1.92. The third kappa shape index (κ3) is 4.74. The summed E-state index contributed by atoms with van der Waals surface area (Å²) in [4.78, 5) is 13.5. The second-order valence-corrected chi connectivity index (χ2v) is 7.17. The molecule has 0 unspecified atom stereocenters. The minimum absolute atomic E-state index is 0.120. The van der Waals surface area contributed by atoms with Crippen LogP contribution in [0.25, 0.3) is 0 Å². The van der Waals surface area contributed by atoms with Crippen LogP contribution >= 0.6 is 11.3 Å². The first-order valence-electron chi connectivity index (χ1n) is 7.41. The first kappa shape index (κ1) is 16.8. The van der Waals surface area contributed by atoms with Gasteiger partial charge in [-0.2, -0.15) is 0 Å². The Kier molecular flexibility index (Phi) is 5.47. The van der Waals surface area contributed by atoms with E-state index in [1.807, 2.05) is 13.0 Å². The Labute approximate surface area is 136 Å². The molecule has 0 spiro atoms. The first-order valence-corrected chi connectivity index (χ1v) is 8.28. The molecule has 0 aliphatic carbocycles. The fourth-order valence-corrected chi connectivity index (χ4v) is 2.94. The third-order valence-electron chi connectivity index (χ3n) is 3.05. The Hall–Kier alpha value is -1.53. The van der Waals surface area contributed by atoms with Crippen molar-refractivity contribution in [2.75, 3.05) is 19.0 Å². The topological polar surface area (TPSA) is 59.9 Å². The minimum atomic E-state index is 0.120. The van der Waals surface area contributed by atoms with Gasteiger partial charge in [-0.05, 0) is 6.92 Å². The highest BCUT2D eigenvalue weighted by Gasteiger charge is 2.17. The van der Waals surface area contributed by atoms with Gasteiger partial charge in [-0.25, -0.2) is 15.0 Å². The molecule has 1 N–H and O–H groups in total. The van der Waals surface area contributed by atoms with Crippen LogP contribution in [0.15, 0.2) is 11.4 Å². The van der Waals surface area contributed by atoms with E-state index in [9.17, 15) is 0 Å². The maximum atomic E-state index is 5.08. The van der Waals surface area contributed by atoms with Crippen molar-refractivity contribution in [2.24, 2.45) is 0 Å². The molecule has 0 saturated carbocycles. The number of aromatic nitrogens is 3. The van der Waals surface area contributed by atoms with Crippen LogP contribution in [0.5, 0.6) is 0 Å². The van der Waals surface area contributed by atoms with E-state index < -0.39 is 0 Å². The highest BCUT2D eigenvalue weighted by Crippen LogP contribution is 2.25. The van der Waals surface area contributed by atoms with Crippen molar-refractivity contribution in [1.29, 1.82) is 0 Å². The molecule has 2 heterocycles. The van der Waals surface area contributed by atoms with E-state index in [1.54, 1.807) is 18.4 Å². The maximum Gasteiger partial charge on any atom is 0.156 e. The zero-order chi connectivity index (χ0) is 16.2. The lowest BCUT2D eigenvalue weighted by Gasteiger charge is -2.13. The number of thiazole rings is 1. The summed E-state index contributed by atoms with van der Waals surface area (Å²) in [5, 5.41) is 6.66. The molecule has 6 heteroatoms. The molecule has 2 aromatic heterocycles. The van der Waals surface area contributed by atoms with Gasteiger partial charge in [0.15, 0.2) is 5.82 Å². The van der Waals surface area contributed by atoms with Crippen LogP contribution in [0.2, 0.25) is 0 Å². The number of anilines is 1. The predicted molar refractivity (Wildman–Crippen MR) is 90.5 cm³/mol. The molecule has 120 valence electrons. The number of aryl methyl sites for hydroxylation is 1. The van der Waals surface area contributed by atoms with E-state index in [2.05, 4.69) is 41.4 Å². The van der Waals surface area contributed by atoms with Crippen LogP contribution in [0, 0.1) is 6.92 Å². The number of methoxy groups -OCH3 is 1. The summed E-state index contributed by atoms with van der Waals surface area (Å²) in [7, 11) is 1.65. The van der Waals surface area contributed by atoms with Crippen LogP contribution in [0.1, 0.15) is 43.0 Å². The van der Waals surface area contributed by atoms with E-state index in [-0.39, 0.29) is 5.41 Å². The summed E-state index contributed by atoms with van der Waals surface area (Å²) in [6.07, 6.45) is 0.884. The fraction of sp³-hybridized carbons (Fsp3) is 0.562. The Morgan fingerprint density at radius 3 is 2.64 bits per heavy atom. The van der Waals surface area contributed by atoms with E-state index >= 15 is 0 Å². The Bertz CT molecular complexity index is 619. The van der Waals surface area contributed by atoms with Crippen LogP contribution in [-0.4, -0.2) is 28.6 Å². The van der Waals surface area contributed by atoms with Crippen molar-refractivity contribution >= 4 is 17.2 Å². The summed E-state index contributed by atoms with van der Waals surface area (Å²) in [5.74, 6) is 1.54. The predicted octanol–water partition coefficient (Wildman–Crippen LogP) is 3.34. The van der Waals surface area contributed by atoms with Crippen molar-refractivity contribution in [2.45, 2.75) is 46.1 Å². The molecular weight excluding hydrogens is 296 g/mol. The number of nitrogens with one attached hydrogen (secondary N) is 1. The summed E-state index contributed by atoms with van der Waals surface area (Å²) in [5.41, 5.74) is 2.19. The molecule has 2 rings (SSSR count). The van der Waals surface area contributed by atoms with E-state index in [0.717, 1.165) is 30.2 Å². The monoisotopic (exact) mass is 320 g/mol. The molecular formula is C16H24N4OS. The zero-order valence-corrected chi connectivity index (χ0v) is 14.8. The van der Waals surface area contributed by atoms with Gasteiger partial charge >= 0.3 is 0 Å². The summed E-state index contributed by atoms with van der Waals surface area (Å²) >= 11 is 1.73. The van der Waals surface area contributed by atoms with Crippen molar-refractivity contribution in [1.82, 2.24) is 15.0 Å².